The van der Waals surface area contributed by atoms with Crippen LogP contribution in [0.1, 0.15) is 51.0 Å². The molecule has 0 saturated carbocycles. The van der Waals surface area contributed by atoms with E-state index in [1.54, 1.807) is 17.5 Å². The average Bonchev–Trinajstić information content (AvgIpc) is 3.26. The predicted molar refractivity (Wildman–Crippen MR) is 133 cm³/mol. The molecule has 1 aromatic heterocycles. The monoisotopic (exact) mass is 527 g/mol. The maximum absolute atomic E-state index is 13.7. The number of sulfonamides is 1. The van der Waals surface area contributed by atoms with Gasteiger partial charge in [-0.3, -0.25) is 0 Å². The third-order valence-electron chi connectivity index (χ3n) is 5.27. The van der Waals surface area contributed by atoms with Crippen molar-refractivity contribution in [3.05, 3.63) is 53.4 Å². The molecule has 0 fully saturated rings. The zero-order valence-electron chi connectivity index (χ0n) is 19.3. The van der Waals surface area contributed by atoms with Crippen molar-refractivity contribution >= 4 is 32.2 Å². The molecule has 0 atom stereocenters. The van der Waals surface area contributed by atoms with Gasteiger partial charge in [-0.2, -0.15) is 13.2 Å². The highest BCUT2D eigenvalue weighted by atomic mass is 32.2. The fourth-order valence-electron chi connectivity index (χ4n) is 3.42. The van der Waals surface area contributed by atoms with Crippen LogP contribution in [-0.2, 0) is 16.2 Å². The van der Waals surface area contributed by atoms with Crippen LogP contribution in [0.25, 0.3) is 11.3 Å². The highest BCUT2D eigenvalue weighted by Gasteiger charge is 2.34. The van der Waals surface area contributed by atoms with Gasteiger partial charge < -0.3 is 10.1 Å². The molecule has 0 spiro atoms. The predicted octanol–water partition coefficient (Wildman–Crippen LogP) is 6.96. The Bertz CT molecular complexity index is 1210. The first-order chi connectivity index (χ1) is 16.6. The number of benzene rings is 2. The Labute approximate surface area is 207 Å². The molecule has 2 aromatic carbocycles. The molecule has 0 aliphatic rings. The van der Waals surface area contributed by atoms with E-state index >= 15 is 0 Å². The Balaban J connectivity index is 1.67. The topological polar surface area (TPSA) is 94.3 Å². The van der Waals surface area contributed by atoms with E-state index in [-0.39, 0.29) is 22.9 Å². The molecule has 0 saturated heterocycles. The first-order valence-corrected chi connectivity index (χ1v) is 13.7. The zero-order valence-corrected chi connectivity index (χ0v) is 20.9. The van der Waals surface area contributed by atoms with Crippen molar-refractivity contribution in [1.29, 1.82) is 0 Å². The van der Waals surface area contributed by atoms with Crippen molar-refractivity contribution in [2.45, 2.75) is 56.5 Å². The first-order valence-electron chi connectivity index (χ1n) is 11.3. The highest BCUT2D eigenvalue weighted by molar-refractivity contribution is 7.89. The lowest BCUT2D eigenvalue weighted by Crippen LogP contribution is -2.11. The van der Waals surface area contributed by atoms with Gasteiger partial charge in [-0.05, 0) is 36.8 Å². The smallest absolute Gasteiger partial charge is 0.420 e. The van der Waals surface area contributed by atoms with Crippen molar-refractivity contribution in [2.75, 3.05) is 11.9 Å². The molecule has 6 nitrogen and oxygen atoms in total. The zero-order chi connectivity index (χ0) is 25.5. The van der Waals surface area contributed by atoms with Crippen molar-refractivity contribution in [1.82, 2.24) is 4.98 Å². The summed E-state index contributed by atoms with van der Waals surface area (Å²) in [6, 6.07) is 9.73. The first kappa shape index (κ1) is 27.0. The van der Waals surface area contributed by atoms with Gasteiger partial charge in [0.25, 0.3) is 0 Å². The summed E-state index contributed by atoms with van der Waals surface area (Å²) in [5.74, 6) is -0.189. The second kappa shape index (κ2) is 11.9. The van der Waals surface area contributed by atoms with Crippen LogP contribution in [0.5, 0.6) is 5.75 Å². The number of anilines is 2. The second-order valence-corrected chi connectivity index (χ2v) is 10.5. The van der Waals surface area contributed by atoms with E-state index in [0.29, 0.717) is 22.8 Å². The van der Waals surface area contributed by atoms with Gasteiger partial charge in [0.15, 0.2) is 5.13 Å². The van der Waals surface area contributed by atoms with Crippen LogP contribution >= 0.6 is 11.3 Å². The van der Waals surface area contributed by atoms with Crippen LogP contribution in [0.3, 0.4) is 0 Å². The number of nitrogens with two attached hydrogens (primary N) is 1. The molecule has 0 aliphatic carbocycles. The van der Waals surface area contributed by atoms with Crippen molar-refractivity contribution in [3.63, 3.8) is 0 Å². The SMILES string of the molecule is CCCCCCCCOc1ccc(Nc2nc(-c3ccc(S(N)(=O)=O)cc3)cs2)cc1C(F)(F)F. The fourth-order valence-corrected chi connectivity index (χ4v) is 4.68. The Kier molecular flexibility index (Phi) is 9.15. The second-order valence-electron chi connectivity index (χ2n) is 8.06. The summed E-state index contributed by atoms with van der Waals surface area (Å²) in [6.45, 7) is 2.37. The molecule has 0 radical (unpaired) electrons. The van der Waals surface area contributed by atoms with Crippen LogP contribution in [0.4, 0.5) is 24.0 Å². The molecule has 35 heavy (non-hydrogen) atoms. The third-order valence-corrected chi connectivity index (χ3v) is 6.96. The molecule has 0 bridgehead atoms. The lowest BCUT2D eigenvalue weighted by Gasteiger charge is -2.15. The minimum absolute atomic E-state index is 0.0201. The van der Waals surface area contributed by atoms with E-state index in [0.717, 1.165) is 31.7 Å². The molecular weight excluding hydrogens is 499 g/mol. The van der Waals surface area contributed by atoms with Crippen LogP contribution in [0.15, 0.2) is 52.7 Å². The van der Waals surface area contributed by atoms with Gasteiger partial charge in [0.1, 0.15) is 5.75 Å². The van der Waals surface area contributed by atoms with Crippen LogP contribution in [0.2, 0.25) is 0 Å². The Morgan fingerprint density at radius 2 is 1.71 bits per heavy atom. The third kappa shape index (κ3) is 7.94. The number of nitrogens with one attached hydrogen (secondary N) is 1. The standard InChI is InChI=1S/C24H28F3N3O3S2/c1-2-3-4-5-6-7-14-33-22-13-10-18(15-20(22)24(25,26)27)29-23-30-21(16-34-23)17-8-11-19(12-9-17)35(28,31)32/h8-13,15-16H,2-7,14H2,1H3,(H,29,30)(H2,28,31,32). The molecule has 0 aliphatic heterocycles. The van der Waals surface area contributed by atoms with Gasteiger partial charge in [-0.1, -0.05) is 51.2 Å². The lowest BCUT2D eigenvalue weighted by atomic mass is 10.1. The van der Waals surface area contributed by atoms with E-state index in [2.05, 4.69) is 17.2 Å². The molecule has 11 heteroatoms. The van der Waals surface area contributed by atoms with Gasteiger partial charge in [0.2, 0.25) is 10.0 Å². The average molecular weight is 528 g/mol. The summed E-state index contributed by atoms with van der Waals surface area (Å²) in [5, 5.41) is 10.1. The quantitative estimate of drug-likeness (QED) is 0.248. The molecule has 1 heterocycles. The number of nitrogens with zero attached hydrogens (tertiary/aromatic N) is 1. The number of unbranched alkanes of at least 4 members (excludes halogenated alkanes) is 5. The minimum Gasteiger partial charge on any atom is -0.493 e. The molecule has 0 unspecified atom stereocenters. The number of hydrogen-bond acceptors (Lipinski definition) is 6. The Hall–Kier alpha value is -2.63. The van der Waals surface area contributed by atoms with Gasteiger partial charge in [0, 0.05) is 16.6 Å². The van der Waals surface area contributed by atoms with Gasteiger partial charge >= 0.3 is 6.18 Å². The van der Waals surface area contributed by atoms with Gasteiger partial charge in [0.05, 0.1) is 22.8 Å². The number of aromatic nitrogens is 1. The lowest BCUT2D eigenvalue weighted by molar-refractivity contribution is -0.138. The summed E-state index contributed by atoms with van der Waals surface area (Å²) in [6.07, 6.45) is 1.57. The van der Waals surface area contributed by atoms with Crippen molar-refractivity contribution in [3.8, 4) is 17.0 Å². The van der Waals surface area contributed by atoms with Crippen LogP contribution < -0.4 is 15.2 Å². The number of hydrogen-bond donors (Lipinski definition) is 2. The summed E-state index contributed by atoms with van der Waals surface area (Å²) < 4.78 is 69.2. The van der Waals surface area contributed by atoms with E-state index in [1.165, 1.54) is 42.0 Å². The largest absolute Gasteiger partial charge is 0.493 e. The fraction of sp³-hybridized carbons (Fsp3) is 0.375. The summed E-state index contributed by atoms with van der Waals surface area (Å²) in [5.41, 5.74) is 0.586. The van der Waals surface area contributed by atoms with Crippen LogP contribution in [-0.4, -0.2) is 20.0 Å². The number of halogens is 3. The summed E-state index contributed by atoms with van der Waals surface area (Å²) in [4.78, 5) is 4.37. The van der Waals surface area contributed by atoms with Gasteiger partial charge in [-0.15, -0.1) is 11.3 Å². The number of ether oxygens (including phenoxy) is 1. The molecule has 190 valence electrons. The van der Waals surface area contributed by atoms with E-state index in [4.69, 9.17) is 9.88 Å². The molecule has 3 aromatic rings. The molecule has 0 amide bonds. The van der Waals surface area contributed by atoms with E-state index in [9.17, 15) is 21.6 Å². The van der Waals surface area contributed by atoms with Gasteiger partial charge in [-0.25, -0.2) is 18.5 Å². The normalized spacial score (nSPS) is 12.0. The van der Waals surface area contributed by atoms with Crippen LogP contribution in [0, 0.1) is 0 Å². The van der Waals surface area contributed by atoms with E-state index < -0.39 is 21.8 Å². The number of rotatable bonds is 12. The maximum Gasteiger partial charge on any atom is 0.420 e. The van der Waals surface area contributed by atoms with Crippen molar-refractivity contribution < 1.29 is 26.3 Å². The Morgan fingerprint density at radius 1 is 1.03 bits per heavy atom. The molecular formula is C24H28F3N3O3S2. The summed E-state index contributed by atoms with van der Waals surface area (Å²) in [7, 11) is -3.80. The van der Waals surface area contributed by atoms with E-state index in [1.807, 2.05) is 0 Å². The number of primary sulfonamides is 1. The molecule has 3 rings (SSSR count). The maximum atomic E-state index is 13.7. The number of alkyl halides is 3. The Morgan fingerprint density at radius 3 is 2.37 bits per heavy atom. The highest BCUT2D eigenvalue weighted by Crippen LogP contribution is 2.39. The molecule has 3 N–H and O–H groups in total. The number of thiazole rings is 1. The minimum atomic E-state index is -4.56. The summed E-state index contributed by atoms with van der Waals surface area (Å²) >= 11 is 1.21. The van der Waals surface area contributed by atoms with Crippen molar-refractivity contribution in [2.24, 2.45) is 5.14 Å².